The fourth-order valence-corrected chi connectivity index (χ4v) is 3.28. The molecule has 6 nitrogen and oxygen atoms in total. The van der Waals surface area contributed by atoms with Crippen LogP contribution >= 0.6 is 0 Å². The van der Waals surface area contributed by atoms with Crippen molar-refractivity contribution >= 4 is 28.5 Å². The summed E-state index contributed by atoms with van der Waals surface area (Å²) in [6.45, 7) is 0. The number of allylic oxidation sites excluding steroid dienone is 4. The molecular weight excluding hydrogens is 373 g/mol. The topological polar surface area (TPSA) is 84.1 Å². The van der Waals surface area contributed by atoms with E-state index in [0.717, 1.165) is 16.6 Å². The molecule has 0 aliphatic heterocycles. The molecule has 2 N–H and O–H groups in total. The van der Waals surface area contributed by atoms with Crippen molar-refractivity contribution in [3.05, 3.63) is 83.3 Å². The van der Waals surface area contributed by atoms with E-state index >= 15 is 0 Å². The molecule has 3 aromatic rings. The minimum Gasteiger partial charge on any atom is -0.465 e. The van der Waals surface area contributed by atoms with Crippen LogP contribution in [-0.2, 0) is 4.74 Å². The number of hydrogen-bond acceptors (Lipinski definition) is 4. The Balaban J connectivity index is 1.55. The lowest BCUT2D eigenvalue weighted by atomic mass is 9.94. The van der Waals surface area contributed by atoms with Crippen molar-refractivity contribution in [1.82, 2.24) is 10.2 Å². The molecule has 29 heavy (non-hydrogen) atoms. The van der Waals surface area contributed by atoms with Crippen molar-refractivity contribution in [3.63, 3.8) is 0 Å². The van der Waals surface area contributed by atoms with Gasteiger partial charge < -0.3 is 10.1 Å². The zero-order valence-electron chi connectivity index (χ0n) is 15.6. The normalized spacial score (nSPS) is 15.8. The van der Waals surface area contributed by atoms with E-state index in [1.54, 1.807) is 42.5 Å². The van der Waals surface area contributed by atoms with E-state index < -0.39 is 5.97 Å². The minimum absolute atomic E-state index is 0.00341. The Morgan fingerprint density at radius 2 is 1.93 bits per heavy atom. The maximum atomic E-state index is 13.2. The first-order valence-electron chi connectivity index (χ1n) is 9.07. The average Bonchev–Trinajstić information content (AvgIpc) is 3.17. The quantitative estimate of drug-likeness (QED) is 0.642. The van der Waals surface area contributed by atoms with Crippen molar-refractivity contribution in [2.24, 2.45) is 0 Å². The molecule has 0 saturated heterocycles. The zero-order valence-corrected chi connectivity index (χ0v) is 15.6. The number of anilines is 1. The van der Waals surface area contributed by atoms with E-state index in [0.29, 0.717) is 23.2 Å². The first-order chi connectivity index (χ1) is 14.0. The monoisotopic (exact) mass is 391 g/mol. The third-order valence-corrected chi connectivity index (χ3v) is 4.83. The van der Waals surface area contributed by atoms with Crippen molar-refractivity contribution in [2.75, 3.05) is 12.4 Å². The first kappa shape index (κ1) is 18.6. The molecule has 2 aromatic carbocycles. The van der Waals surface area contributed by atoms with Gasteiger partial charge in [0.2, 0.25) is 0 Å². The second kappa shape index (κ2) is 7.71. The van der Waals surface area contributed by atoms with Gasteiger partial charge in [-0.3, -0.25) is 9.89 Å². The summed E-state index contributed by atoms with van der Waals surface area (Å²) in [6.07, 6.45) is 5.34. The molecule has 1 aliphatic rings. The molecule has 7 heteroatoms. The van der Waals surface area contributed by atoms with Crippen molar-refractivity contribution in [2.45, 2.75) is 12.3 Å². The number of fused-ring (bicyclic) bond motifs is 1. The summed E-state index contributed by atoms with van der Waals surface area (Å²) in [6, 6.07) is 11.6. The lowest BCUT2D eigenvalue weighted by molar-refractivity contribution is 0.0600. The van der Waals surface area contributed by atoms with Crippen molar-refractivity contribution in [3.8, 4) is 0 Å². The van der Waals surface area contributed by atoms with E-state index in [4.69, 9.17) is 0 Å². The molecule has 0 fully saturated rings. The molecule has 1 amide bonds. The molecule has 1 aromatic heterocycles. The van der Waals surface area contributed by atoms with E-state index in [1.165, 1.54) is 13.2 Å². The SMILES string of the molecule is COC(=O)c1ccc(C(=O)Nc2ccc3n[nH]c(C4C=CC(F)=CC4)c3c2)cc1. The molecule has 0 radical (unpaired) electrons. The molecular formula is C22H18FN3O3. The number of halogens is 1. The van der Waals surface area contributed by atoms with Gasteiger partial charge in [0.05, 0.1) is 23.9 Å². The number of ether oxygens (including phenoxy) is 1. The molecule has 0 spiro atoms. The number of esters is 1. The fraction of sp³-hybridized carbons (Fsp3) is 0.136. The maximum Gasteiger partial charge on any atom is 0.337 e. The lowest BCUT2D eigenvalue weighted by Gasteiger charge is -2.12. The Morgan fingerprint density at radius 3 is 2.62 bits per heavy atom. The molecule has 1 heterocycles. The Hall–Kier alpha value is -3.74. The van der Waals surface area contributed by atoms with Crippen molar-refractivity contribution < 1.29 is 18.7 Å². The van der Waals surface area contributed by atoms with E-state index in [9.17, 15) is 14.0 Å². The van der Waals surface area contributed by atoms with E-state index in [2.05, 4.69) is 20.3 Å². The van der Waals surface area contributed by atoms with Crippen LogP contribution in [0.15, 0.2) is 66.5 Å². The highest BCUT2D eigenvalue weighted by Gasteiger charge is 2.17. The van der Waals surface area contributed by atoms with Gasteiger partial charge in [-0.15, -0.1) is 0 Å². The lowest BCUT2D eigenvalue weighted by Crippen LogP contribution is -2.12. The number of carbonyl (C=O) groups excluding carboxylic acids is 2. The van der Waals surface area contributed by atoms with Crippen LogP contribution in [0.5, 0.6) is 0 Å². The summed E-state index contributed by atoms with van der Waals surface area (Å²) < 4.78 is 17.9. The number of nitrogens with zero attached hydrogens (tertiary/aromatic N) is 1. The van der Waals surface area contributed by atoms with Crippen LogP contribution in [0, 0.1) is 0 Å². The van der Waals surface area contributed by atoms with Gasteiger partial charge in [0.25, 0.3) is 5.91 Å². The third-order valence-electron chi connectivity index (χ3n) is 4.83. The summed E-state index contributed by atoms with van der Waals surface area (Å²) in [5.74, 6) is -0.998. The Labute approximate surface area is 166 Å². The molecule has 146 valence electrons. The highest BCUT2D eigenvalue weighted by molar-refractivity contribution is 6.05. The molecule has 0 saturated carbocycles. The Bertz CT molecular complexity index is 1150. The van der Waals surface area contributed by atoms with Gasteiger partial charge in [-0.2, -0.15) is 5.10 Å². The standard InChI is InChI=1S/C22H18FN3O3/c1-29-22(28)15-4-2-14(3-5-15)21(27)24-17-10-11-19-18(12-17)20(26-25-19)13-6-8-16(23)9-7-13/h2-6,8-13H,7H2,1H3,(H,24,27)(H,25,26). The van der Waals surface area contributed by atoms with Crippen LogP contribution in [-0.4, -0.2) is 29.2 Å². The number of nitrogens with one attached hydrogen (secondary N) is 2. The predicted octanol–water partition coefficient (Wildman–Crippen LogP) is 4.50. The van der Waals surface area contributed by atoms with Gasteiger partial charge in [-0.25, -0.2) is 9.18 Å². The number of methoxy groups -OCH3 is 1. The number of H-pyrrole nitrogens is 1. The number of aromatic nitrogens is 2. The highest BCUT2D eigenvalue weighted by Crippen LogP contribution is 2.32. The van der Waals surface area contributed by atoms with Crippen LogP contribution in [0.4, 0.5) is 10.1 Å². The van der Waals surface area contributed by atoms with Gasteiger partial charge in [0.15, 0.2) is 0 Å². The Kier molecular flexibility index (Phi) is 4.95. The van der Waals surface area contributed by atoms with Gasteiger partial charge in [0, 0.05) is 22.6 Å². The number of amides is 1. The predicted molar refractivity (Wildman–Crippen MR) is 108 cm³/mol. The summed E-state index contributed by atoms with van der Waals surface area (Å²) in [7, 11) is 1.30. The molecule has 1 unspecified atom stereocenters. The average molecular weight is 391 g/mol. The number of hydrogen-bond donors (Lipinski definition) is 2. The summed E-state index contributed by atoms with van der Waals surface area (Å²) in [5.41, 5.74) is 3.05. The molecule has 4 rings (SSSR count). The van der Waals surface area contributed by atoms with Gasteiger partial charge in [-0.05, 0) is 61.0 Å². The van der Waals surface area contributed by atoms with Crippen LogP contribution in [0.2, 0.25) is 0 Å². The number of aromatic amines is 1. The maximum absolute atomic E-state index is 13.2. The van der Waals surface area contributed by atoms with Gasteiger partial charge in [0.1, 0.15) is 5.83 Å². The second-order valence-corrected chi connectivity index (χ2v) is 6.68. The van der Waals surface area contributed by atoms with Crippen molar-refractivity contribution in [1.29, 1.82) is 0 Å². The summed E-state index contributed by atoms with van der Waals surface area (Å²) in [5, 5.41) is 11.0. The molecule has 1 aliphatic carbocycles. The number of benzene rings is 2. The smallest absolute Gasteiger partial charge is 0.337 e. The number of carbonyl (C=O) groups is 2. The van der Waals surface area contributed by atoms with E-state index in [1.807, 2.05) is 12.1 Å². The third kappa shape index (κ3) is 3.80. The summed E-state index contributed by atoms with van der Waals surface area (Å²) in [4.78, 5) is 24.1. The van der Waals surface area contributed by atoms with E-state index in [-0.39, 0.29) is 17.7 Å². The fourth-order valence-electron chi connectivity index (χ4n) is 3.28. The van der Waals surface area contributed by atoms with Crippen LogP contribution in [0.3, 0.4) is 0 Å². The largest absolute Gasteiger partial charge is 0.465 e. The van der Waals surface area contributed by atoms with Crippen LogP contribution < -0.4 is 5.32 Å². The van der Waals surface area contributed by atoms with Crippen LogP contribution in [0.1, 0.15) is 38.7 Å². The highest BCUT2D eigenvalue weighted by atomic mass is 19.1. The Morgan fingerprint density at radius 1 is 1.17 bits per heavy atom. The molecule has 1 atom stereocenters. The zero-order chi connectivity index (χ0) is 20.4. The molecule has 0 bridgehead atoms. The minimum atomic E-state index is -0.457. The first-order valence-corrected chi connectivity index (χ1v) is 9.07. The van der Waals surface area contributed by atoms with Gasteiger partial charge in [-0.1, -0.05) is 6.08 Å². The summed E-state index contributed by atoms with van der Waals surface area (Å²) >= 11 is 0. The second-order valence-electron chi connectivity index (χ2n) is 6.68. The number of rotatable bonds is 4. The van der Waals surface area contributed by atoms with Crippen LogP contribution in [0.25, 0.3) is 10.9 Å². The van der Waals surface area contributed by atoms with Gasteiger partial charge >= 0.3 is 5.97 Å².